The molecular weight excluding hydrogens is 320 g/mol. The van der Waals surface area contributed by atoms with Gasteiger partial charge in [0.2, 0.25) is 5.42 Å². The number of rotatable bonds is 0. The van der Waals surface area contributed by atoms with Crippen molar-refractivity contribution in [3.05, 3.63) is 71.9 Å². The highest BCUT2D eigenvalue weighted by Gasteiger charge is 2.42. The van der Waals surface area contributed by atoms with Gasteiger partial charge in [0.1, 0.15) is 11.7 Å². The van der Waals surface area contributed by atoms with Crippen molar-refractivity contribution >= 4 is 33.6 Å². The van der Waals surface area contributed by atoms with Gasteiger partial charge in [0.05, 0.1) is 12.1 Å². The predicted octanol–water partition coefficient (Wildman–Crippen LogP) is 4.20. The second-order valence-electron chi connectivity index (χ2n) is 7.38. The van der Waals surface area contributed by atoms with Crippen LogP contribution in [0.4, 0.5) is 5.82 Å². The number of anilines is 1. The van der Waals surface area contributed by atoms with Gasteiger partial charge in [-0.1, -0.05) is 37.3 Å². The molecule has 0 bridgehead atoms. The highest BCUT2D eigenvalue weighted by Crippen LogP contribution is 2.36. The van der Waals surface area contributed by atoms with Gasteiger partial charge in [-0.2, -0.15) is 4.57 Å². The molecule has 3 heteroatoms. The third-order valence-electron chi connectivity index (χ3n) is 6.06. The molecule has 4 aliphatic heterocycles. The maximum atomic E-state index is 6.35. The van der Waals surface area contributed by atoms with Crippen LogP contribution in [0.5, 0.6) is 0 Å². The maximum absolute atomic E-state index is 6.35. The summed E-state index contributed by atoms with van der Waals surface area (Å²) >= 11 is 0. The number of allylic oxidation sites excluding steroid dienone is 1. The monoisotopic (exact) mass is 339 g/mol. The van der Waals surface area contributed by atoms with E-state index in [2.05, 4.69) is 90.2 Å². The quantitative estimate of drug-likeness (QED) is 0.448. The third kappa shape index (κ3) is 1.61. The standard InChI is InChI=1S/C23H19N2O/c1-14-15(2)24-12-6-11-21-23(24)25-19(14)13-16-7-3-4-8-17(16)18-9-5-10-20(26-21)22(18)25/h3-15H,1-2H3/q+1. The van der Waals surface area contributed by atoms with E-state index in [9.17, 15) is 0 Å². The van der Waals surface area contributed by atoms with E-state index in [-0.39, 0.29) is 0 Å². The predicted molar refractivity (Wildman–Crippen MR) is 104 cm³/mol. The molecule has 0 aliphatic carbocycles. The second-order valence-corrected chi connectivity index (χ2v) is 7.38. The molecule has 0 N–H and O–H groups in total. The average molecular weight is 339 g/mol. The Balaban J connectivity index is 1.98. The van der Waals surface area contributed by atoms with Gasteiger partial charge >= 0.3 is 5.82 Å². The summed E-state index contributed by atoms with van der Waals surface area (Å²) in [5.74, 6) is 1.53. The lowest BCUT2D eigenvalue weighted by Gasteiger charge is -2.33. The largest absolute Gasteiger partial charge is 0.444 e. The lowest BCUT2D eigenvalue weighted by Crippen LogP contribution is -2.56. The van der Waals surface area contributed by atoms with Gasteiger partial charge in [0.25, 0.3) is 0 Å². The van der Waals surface area contributed by atoms with Crippen molar-refractivity contribution < 1.29 is 8.98 Å². The SMILES string of the molecule is CC1c2cc3ccccc3c3cccc4oc5c([n+]2-c43)N(C=CC=5)C1C. The van der Waals surface area contributed by atoms with Gasteiger partial charge in [-0.05, 0) is 48.0 Å². The molecule has 6 rings (SSSR count). The van der Waals surface area contributed by atoms with Crippen molar-refractivity contribution in [1.29, 1.82) is 0 Å². The minimum atomic E-state index is 0.370. The van der Waals surface area contributed by atoms with Crippen molar-refractivity contribution in [2.45, 2.75) is 25.8 Å². The Bertz CT molecular complexity index is 1280. The van der Waals surface area contributed by atoms with Crippen LogP contribution in [0.3, 0.4) is 0 Å². The summed E-state index contributed by atoms with van der Waals surface area (Å²) in [7, 11) is 0. The van der Waals surface area contributed by atoms with Crippen LogP contribution in [0, 0.1) is 0 Å². The molecule has 0 radical (unpaired) electrons. The van der Waals surface area contributed by atoms with E-state index < -0.39 is 0 Å². The summed E-state index contributed by atoms with van der Waals surface area (Å²) in [4.78, 5) is 2.35. The Morgan fingerprint density at radius 3 is 2.77 bits per heavy atom. The van der Waals surface area contributed by atoms with Gasteiger partial charge in [-0.15, -0.1) is 0 Å². The summed E-state index contributed by atoms with van der Waals surface area (Å²) in [6.07, 6.45) is 6.32. The molecule has 2 aromatic carbocycles. The average Bonchev–Trinajstić information content (AvgIpc) is 2.82. The van der Waals surface area contributed by atoms with E-state index in [4.69, 9.17) is 4.42 Å². The van der Waals surface area contributed by atoms with Crippen LogP contribution in [0.1, 0.15) is 25.5 Å². The first-order valence-corrected chi connectivity index (χ1v) is 9.20. The number of nitrogens with zero attached hydrogens (tertiary/aromatic N) is 2. The fourth-order valence-corrected chi connectivity index (χ4v) is 4.57. The van der Waals surface area contributed by atoms with Gasteiger partial charge in [0, 0.05) is 5.39 Å². The Kier molecular flexibility index (Phi) is 2.59. The fraction of sp³-hybridized carbons (Fsp3) is 0.174. The molecule has 0 spiro atoms. The van der Waals surface area contributed by atoms with Crippen LogP contribution < -0.4 is 14.9 Å². The molecule has 0 aromatic heterocycles. The molecule has 0 saturated carbocycles. The maximum Gasteiger partial charge on any atom is 0.330 e. The highest BCUT2D eigenvalue weighted by molar-refractivity contribution is 6.03. The van der Waals surface area contributed by atoms with Crippen LogP contribution in [-0.4, -0.2) is 6.04 Å². The van der Waals surface area contributed by atoms with Crippen LogP contribution >= 0.6 is 0 Å². The first-order valence-electron chi connectivity index (χ1n) is 9.20. The zero-order valence-corrected chi connectivity index (χ0v) is 14.8. The number of aromatic nitrogens is 1. The first-order chi connectivity index (χ1) is 12.7. The number of para-hydroxylation sites is 1. The van der Waals surface area contributed by atoms with Gasteiger partial charge in [-0.3, -0.25) is 0 Å². The van der Waals surface area contributed by atoms with Crippen LogP contribution in [0.15, 0.2) is 65.2 Å². The summed E-state index contributed by atoms with van der Waals surface area (Å²) in [5, 5.41) is 3.77. The summed E-state index contributed by atoms with van der Waals surface area (Å²) in [6.45, 7) is 4.62. The number of hydrogen-bond acceptors (Lipinski definition) is 2. The van der Waals surface area contributed by atoms with Crippen LogP contribution in [0.2, 0.25) is 0 Å². The van der Waals surface area contributed by atoms with Crippen molar-refractivity contribution in [3.63, 3.8) is 0 Å². The van der Waals surface area contributed by atoms with E-state index in [1.54, 1.807) is 0 Å². The number of fused-ring (bicyclic) bond motifs is 2. The molecule has 0 saturated heterocycles. The minimum Gasteiger partial charge on any atom is -0.444 e. The number of hydrogen-bond donors (Lipinski definition) is 0. The Hall–Kier alpha value is -3.07. The van der Waals surface area contributed by atoms with Crippen molar-refractivity contribution in [1.82, 2.24) is 0 Å². The summed E-state index contributed by atoms with van der Waals surface area (Å²) in [5.41, 5.74) is 4.35. The van der Waals surface area contributed by atoms with Crippen molar-refractivity contribution in [2.75, 3.05) is 4.90 Å². The molecule has 2 atom stereocenters. The molecule has 126 valence electrons. The highest BCUT2D eigenvalue weighted by atomic mass is 16.3. The molecule has 0 fully saturated rings. The fourth-order valence-electron chi connectivity index (χ4n) is 4.57. The molecule has 2 unspecified atom stereocenters. The van der Waals surface area contributed by atoms with Crippen LogP contribution in [0.25, 0.3) is 33.5 Å². The second kappa shape index (κ2) is 4.76. The zero-order chi connectivity index (χ0) is 17.4. The molecule has 4 aliphatic rings. The van der Waals surface area contributed by atoms with E-state index in [0.717, 1.165) is 22.5 Å². The van der Waals surface area contributed by atoms with Crippen molar-refractivity contribution in [3.8, 4) is 5.69 Å². The third-order valence-corrected chi connectivity index (χ3v) is 6.06. The lowest BCUT2D eigenvalue weighted by atomic mass is 9.94. The Morgan fingerprint density at radius 2 is 1.85 bits per heavy atom. The zero-order valence-electron chi connectivity index (χ0n) is 14.8. The molecule has 2 aromatic rings. The van der Waals surface area contributed by atoms with Crippen LogP contribution in [-0.2, 0) is 0 Å². The van der Waals surface area contributed by atoms with Gasteiger partial charge in [-0.25, -0.2) is 4.90 Å². The Labute approximate surface area is 151 Å². The Morgan fingerprint density at radius 1 is 1.00 bits per heavy atom. The van der Waals surface area contributed by atoms with Gasteiger partial charge in [0.15, 0.2) is 11.3 Å². The molecule has 0 amide bonds. The molecule has 26 heavy (non-hydrogen) atoms. The summed E-state index contributed by atoms with van der Waals surface area (Å²) < 4.78 is 8.78. The van der Waals surface area contributed by atoms with Gasteiger partial charge < -0.3 is 4.42 Å². The molecular formula is C23H19N2O+. The molecule has 3 nitrogen and oxygen atoms in total. The first kappa shape index (κ1) is 14.1. The van der Waals surface area contributed by atoms with E-state index >= 15 is 0 Å². The summed E-state index contributed by atoms with van der Waals surface area (Å²) in [6, 6.07) is 17.8. The van der Waals surface area contributed by atoms with E-state index in [1.165, 1.54) is 21.9 Å². The topological polar surface area (TPSA) is 20.3 Å². The van der Waals surface area contributed by atoms with E-state index in [1.807, 2.05) is 0 Å². The van der Waals surface area contributed by atoms with Crippen molar-refractivity contribution in [2.24, 2.45) is 0 Å². The smallest absolute Gasteiger partial charge is 0.330 e. The lowest BCUT2D eigenvalue weighted by molar-refractivity contribution is -0.596. The minimum absolute atomic E-state index is 0.370. The van der Waals surface area contributed by atoms with E-state index in [0.29, 0.717) is 12.0 Å². The molecule has 4 heterocycles. The normalized spacial score (nSPS) is 20.8. The number of benzene rings is 2.